The second-order valence-electron chi connectivity index (χ2n) is 10.0. The molecule has 2 aliphatic rings. The number of carbonyl (C=O) groups excluding carboxylic acids is 1. The summed E-state index contributed by atoms with van der Waals surface area (Å²) in [6.07, 6.45) is 1.97. The number of hydrogen-bond acceptors (Lipinski definition) is 3. The summed E-state index contributed by atoms with van der Waals surface area (Å²) in [7, 11) is 4.01. The maximum atomic E-state index is 13.2. The highest BCUT2D eigenvalue weighted by Gasteiger charge is 2.54. The molecule has 0 bridgehead atoms. The molecule has 0 aromatic heterocycles. The Morgan fingerprint density at radius 2 is 1.60 bits per heavy atom. The van der Waals surface area contributed by atoms with E-state index in [1.807, 2.05) is 78.5 Å². The fourth-order valence-electron chi connectivity index (χ4n) is 5.73. The Bertz CT molecular complexity index is 1190. The van der Waals surface area contributed by atoms with E-state index in [-0.39, 0.29) is 17.4 Å². The zero-order valence-electron chi connectivity index (χ0n) is 20.3. The van der Waals surface area contributed by atoms with Crippen LogP contribution in [0.5, 0.6) is 0 Å². The summed E-state index contributed by atoms with van der Waals surface area (Å²) >= 11 is 12.7. The standard InChI is InChI=1S/C29H31Cl2N3O/c1-32(2)25-13-9-22(10-14-25)28(35)33-17-15-29(16-18-33)20-34(19-23-5-3-4-6-26(23)31)27(29)21-7-11-24(30)12-8-21/h3-14,27H,15-20H2,1-2H3. The van der Waals surface area contributed by atoms with Crippen molar-refractivity contribution in [2.24, 2.45) is 5.41 Å². The summed E-state index contributed by atoms with van der Waals surface area (Å²) in [6, 6.07) is 24.5. The highest BCUT2D eigenvalue weighted by atomic mass is 35.5. The van der Waals surface area contributed by atoms with Crippen LogP contribution in [0.15, 0.2) is 72.8 Å². The Labute approximate surface area is 218 Å². The third-order valence-electron chi connectivity index (χ3n) is 7.66. The van der Waals surface area contributed by atoms with Crippen molar-refractivity contribution in [2.75, 3.05) is 38.6 Å². The summed E-state index contributed by atoms with van der Waals surface area (Å²) in [5.41, 5.74) is 4.44. The third-order valence-corrected chi connectivity index (χ3v) is 8.28. The van der Waals surface area contributed by atoms with Crippen LogP contribution in [0, 0.1) is 5.41 Å². The van der Waals surface area contributed by atoms with Gasteiger partial charge in [-0.15, -0.1) is 0 Å². The molecule has 2 heterocycles. The van der Waals surface area contributed by atoms with E-state index in [9.17, 15) is 4.79 Å². The van der Waals surface area contributed by atoms with Gasteiger partial charge in [0.05, 0.1) is 0 Å². The summed E-state index contributed by atoms with van der Waals surface area (Å²) in [5, 5.41) is 1.56. The van der Waals surface area contributed by atoms with E-state index >= 15 is 0 Å². The topological polar surface area (TPSA) is 26.8 Å². The molecule has 182 valence electrons. The number of amides is 1. The first-order chi connectivity index (χ1) is 16.9. The van der Waals surface area contributed by atoms with Crippen LogP contribution in [-0.4, -0.2) is 49.4 Å². The SMILES string of the molecule is CN(C)c1ccc(C(=O)N2CCC3(CC2)CN(Cc2ccccc2Cl)C3c2ccc(Cl)cc2)cc1. The molecular weight excluding hydrogens is 477 g/mol. The highest BCUT2D eigenvalue weighted by Crippen LogP contribution is 2.55. The van der Waals surface area contributed by atoms with Gasteiger partial charge in [0.2, 0.25) is 0 Å². The van der Waals surface area contributed by atoms with Gasteiger partial charge in [0.25, 0.3) is 5.91 Å². The van der Waals surface area contributed by atoms with Gasteiger partial charge >= 0.3 is 0 Å². The van der Waals surface area contributed by atoms with E-state index in [1.54, 1.807) is 0 Å². The fourth-order valence-corrected chi connectivity index (χ4v) is 6.05. The van der Waals surface area contributed by atoms with Crippen molar-refractivity contribution in [3.05, 3.63) is 99.5 Å². The van der Waals surface area contributed by atoms with E-state index in [0.717, 1.165) is 65.9 Å². The van der Waals surface area contributed by atoms with Crippen LogP contribution in [-0.2, 0) is 6.54 Å². The molecule has 1 amide bonds. The lowest BCUT2D eigenvalue weighted by molar-refractivity contribution is -0.113. The van der Waals surface area contributed by atoms with Crippen molar-refractivity contribution in [2.45, 2.75) is 25.4 Å². The van der Waals surface area contributed by atoms with Gasteiger partial charge in [-0.25, -0.2) is 0 Å². The third kappa shape index (κ3) is 4.80. The molecule has 1 atom stereocenters. The first kappa shape index (κ1) is 24.2. The lowest BCUT2D eigenvalue weighted by Crippen LogP contribution is -2.62. The van der Waals surface area contributed by atoms with Crippen LogP contribution < -0.4 is 4.90 Å². The van der Waals surface area contributed by atoms with E-state index < -0.39 is 0 Å². The molecule has 0 radical (unpaired) electrons. The monoisotopic (exact) mass is 507 g/mol. The molecule has 6 heteroatoms. The molecule has 2 saturated heterocycles. The van der Waals surface area contributed by atoms with Gasteiger partial charge in [-0.3, -0.25) is 9.69 Å². The highest BCUT2D eigenvalue weighted by molar-refractivity contribution is 6.31. The van der Waals surface area contributed by atoms with Gasteiger partial charge in [0.1, 0.15) is 0 Å². The van der Waals surface area contributed by atoms with Gasteiger partial charge in [0.15, 0.2) is 0 Å². The van der Waals surface area contributed by atoms with E-state index in [2.05, 4.69) is 23.1 Å². The van der Waals surface area contributed by atoms with Crippen molar-refractivity contribution in [1.82, 2.24) is 9.80 Å². The maximum absolute atomic E-state index is 13.2. The summed E-state index contributed by atoms with van der Waals surface area (Å²) < 4.78 is 0. The Morgan fingerprint density at radius 3 is 2.23 bits per heavy atom. The number of likely N-dealkylation sites (tertiary alicyclic amines) is 2. The van der Waals surface area contributed by atoms with Crippen LogP contribution >= 0.6 is 23.2 Å². The number of rotatable bonds is 5. The van der Waals surface area contributed by atoms with Crippen LogP contribution in [0.1, 0.15) is 40.4 Å². The number of anilines is 1. The lowest BCUT2D eigenvalue weighted by Gasteiger charge is -2.61. The number of halogens is 2. The van der Waals surface area contributed by atoms with E-state index in [0.29, 0.717) is 0 Å². The minimum Gasteiger partial charge on any atom is -0.378 e. The normalized spacial score (nSPS) is 19.4. The van der Waals surface area contributed by atoms with Crippen molar-refractivity contribution >= 4 is 34.8 Å². The smallest absolute Gasteiger partial charge is 0.253 e. The van der Waals surface area contributed by atoms with E-state index in [1.165, 1.54) is 5.56 Å². The van der Waals surface area contributed by atoms with Crippen molar-refractivity contribution in [3.8, 4) is 0 Å². The van der Waals surface area contributed by atoms with Gasteiger partial charge in [-0.05, 0) is 66.4 Å². The zero-order valence-corrected chi connectivity index (χ0v) is 21.8. The molecule has 0 aliphatic carbocycles. The molecule has 0 N–H and O–H groups in total. The number of benzene rings is 3. The van der Waals surface area contributed by atoms with Crippen LogP contribution in [0.4, 0.5) is 5.69 Å². The average molecular weight is 508 g/mol. The number of piperidine rings is 1. The lowest BCUT2D eigenvalue weighted by atomic mass is 9.63. The minimum atomic E-state index is 0.125. The Morgan fingerprint density at radius 1 is 0.943 bits per heavy atom. The molecular formula is C29H31Cl2N3O. The van der Waals surface area contributed by atoms with Crippen LogP contribution in [0.3, 0.4) is 0 Å². The number of carbonyl (C=O) groups is 1. The largest absolute Gasteiger partial charge is 0.378 e. The van der Waals surface area contributed by atoms with Crippen LogP contribution in [0.25, 0.3) is 0 Å². The minimum absolute atomic E-state index is 0.125. The molecule has 2 fully saturated rings. The van der Waals surface area contributed by atoms with Crippen LogP contribution in [0.2, 0.25) is 10.0 Å². The Kier molecular flexibility index (Phi) is 6.80. The molecule has 3 aromatic carbocycles. The molecule has 1 unspecified atom stereocenters. The van der Waals surface area contributed by atoms with Crippen molar-refractivity contribution in [3.63, 3.8) is 0 Å². The molecule has 3 aromatic rings. The first-order valence-corrected chi connectivity index (χ1v) is 12.9. The second kappa shape index (κ2) is 9.85. The summed E-state index contributed by atoms with van der Waals surface area (Å²) in [6.45, 7) is 3.37. The molecule has 1 spiro atoms. The van der Waals surface area contributed by atoms with E-state index in [4.69, 9.17) is 23.2 Å². The predicted octanol–water partition coefficient (Wildman–Crippen LogP) is 6.54. The average Bonchev–Trinajstić information content (AvgIpc) is 2.86. The Hall–Kier alpha value is -2.53. The quantitative estimate of drug-likeness (QED) is 0.392. The van der Waals surface area contributed by atoms with Gasteiger partial charge < -0.3 is 9.80 Å². The Balaban J connectivity index is 1.32. The first-order valence-electron chi connectivity index (χ1n) is 12.2. The van der Waals surface area contributed by atoms with Crippen molar-refractivity contribution in [1.29, 1.82) is 0 Å². The van der Waals surface area contributed by atoms with Crippen molar-refractivity contribution < 1.29 is 4.79 Å². The summed E-state index contributed by atoms with van der Waals surface area (Å²) in [4.78, 5) is 19.8. The molecule has 0 saturated carbocycles. The van der Waals surface area contributed by atoms with Gasteiger partial charge in [-0.1, -0.05) is 53.5 Å². The molecule has 4 nitrogen and oxygen atoms in total. The molecule has 2 aliphatic heterocycles. The van der Waals surface area contributed by atoms with Gasteiger partial charge in [-0.2, -0.15) is 0 Å². The zero-order chi connectivity index (χ0) is 24.6. The number of nitrogens with zero attached hydrogens (tertiary/aromatic N) is 3. The fraction of sp³-hybridized carbons (Fsp3) is 0.345. The van der Waals surface area contributed by atoms with Gasteiger partial charge in [0, 0.05) is 73.0 Å². The molecule has 35 heavy (non-hydrogen) atoms. The molecule has 5 rings (SSSR count). The maximum Gasteiger partial charge on any atom is 0.253 e. The summed E-state index contributed by atoms with van der Waals surface area (Å²) in [5.74, 6) is 0.125. The predicted molar refractivity (Wildman–Crippen MR) is 144 cm³/mol. The number of hydrogen-bond donors (Lipinski definition) is 0. The second-order valence-corrected chi connectivity index (χ2v) is 10.9.